The topological polar surface area (TPSA) is 70.2 Å². The van der Waals surface area contributed by atoms with Crippen LogP contribution in [-0.4, -0.2) is 78.8 Å². The van der Waals surface area contributed by atoms with Crippen molar-refractivity contribution in [2.75, 3.05) is 46.4 Å². The summed E-state index contributed by atoms with van der Waals surface area (Å²) >= 11 is 0. The number of fused-ring (bicyclic) bond motifs is 1. The minimum absolute atomic E-state index is 0.00380. The molecule has 1 aromatic rings. The number of carbonyl (C=O) groups excluding carboxylic acids is 3. The summed E-state index contributed by atoms with van der Waals surface area (Å²) in [5, 5.41) is 0. The Labute approximate surface area is 171 Å². The van der Waals surface area contributed by atoms with Crippen molar-refractivity contribution in [1.82, 2.24) is 14.7 Å². The van der Waals surface area contributed by atoms with Crippen molar-refractivity contribution in [1.29, 1.82) is 0 Å². The van der Waals surface area contributed by atoms with Crippen molar-refractivity contribution < 1.29 is 19.1 Å². The van der Waals surface area contributed by atoms with Crippen LogP contribution in [-0.2, 0) is 20.8 Å². The van der Waals surface area contributed by atoms with Gasteiger partial charge < -0.3 is 19.4 Å². The molecule has 2 unspecified atom stereocenters. The largest absolute Gasteiger partial charge is 0.497 e. The van der Waals surface area contributed by atoms with Crippen LogP contribution in [0.15, 0.2) is 24.3 Å². The molecule has 3 saturated heterocycles. The molecular weight excluding hydrogens is 370 g/mol. The second kappa shape index (κ2) is 7.69. The predicted octanol–water partition coefficient (Wildman–Crippen LogP) is 1.17. The molecule has 0 saturated carbocycles. The Balaban J connectivity index is 1.50. The molecule has 0 aromatic heterocycles. The number of nitrogens with zero attached hydrogens (tertiary/aromatic N) is 3. The van der Waals surface area contributed by atoms with Crippen LogP contribution in [0, 0.1) is 11.3 Å². The van der Waals surface area contributed by atoms with E-state index in [1.54, 1.807) is 18.9 Å². The molecule has 3 heterocycles. The molecule has 0 spiro atoms. The smallest absolute Gasteiger partial charge is 0.232 e. The Bertz CT molecular complexity index is 803. The minimum Gasteiger partial charge on any atom is -0.497 e. The van der Waals surface area contributed by atoms with Gasteiger partial charge in [-0.2, -0.15) is 0 Å². The molecule has 7 nitrogen and oxygen atoms in total. The van der Waals surface area contributed by atoms with Gasteiger partial charge in [0.05, 0.1) is 18.9 Å². The van der Waals surface area contributed by atoms with Crippen LogP contribution in [0.5, 0.6) is 5.75 Å². The number of ether oxygens (including phenoxy) is 1. The lowest BCUT2D eigenvalue weighted by Crippen LogP contribution is -2.49. The molecule has 1 aromatic carbocycles. The van der Waals surface area contributed by atoms with Gasteiger partial charge in [0.2, 0.25) is 17.7 Å². The molecule has 7 heteroatoms. The Kier molecular flexibility index (Phi) is 5.23. The van der Waals surface area contributed by atoms with Gasteiger partial charge in [-0.1, -0.05) is 12.1 Å². The highest BCUT2D eigenvalue weighted by atomic mass is 16.5. The highest BCUT2D eigenvalue weighted by molar-refractivity contribution is 5.88. The van der Waals surface area contributed by atoms with Crippen molar-refractivity contribution in [2.24, 2.45) is 11.3 Å². The van der Waals surface area contributed by atoms with E-state index in [9.17, 15) is 14.4 Å². The second-order valence-corrected chi connectivity index (χ2v) is 8.55. The standard InChI is InChI=1S/C22H29N3O4/c1-16(26)24-12-18-13-25(20(27)11-17-5-7-19(29-2)8-6-17)15-22(18,14-24)21(28)23-9-3-4-10-23/h5-8,18H,3-4,9-15H2,1-2H3. The number of hydrogen-bond donors (Lipinski definition) is 0. The average Bonchev–Trinajstić information content (AvgIpc) is 3.42. The summed E-state index contributed by atoms with van der Waals surface area (Å²) in [5.74, 6) is 0.941. The van der Waals surface area contributed by atoms with Gasteiger partial charge in [-0.05, 0) is 30.5 Å². The van der Waals surface area contributed by atoms with E-state index in [2.05, 4.69) is 0 Å². The van der Waals surface area contributed by atoms with Crippen molar-refractivity contribution in [2.45, 2.75) is 26.2 Å². The first kappa shape index (κ1) is 19.7. The molecule has 4 rings (SSSR count). The number of methoxy groups -OCH3 is 1. The van der Waals surface area contributed by atoms with Gasteiger partial charge in [0.25, 0.3) is 0 Å². The molecule has 0 N–H and O–H groups in total. The Morgan fingerprint density at radius 1 is 1.00 bits per heavy atom. The van der Waals surface area contributed by atoms with E-state index in [0.29, 0.717) is 32.6 Å². The molecule has 0 bridgehead atoms. The van der Waals surface area contributed by atoms with Gasteiger partial charge in [-0.15, -0.1) is 0 Å². The van der Waals surface area contributed by atoms with Crippen LogP contribution < -0.4 is 4.74 Å². The van der Waals surface area contributed by atoms with Gasteiger partial charge in [0.15, 0.2) is 0 Å². The average molecular weight is 399 g/mol. The first-order valence-corrected chi connectivity index (χ1v) is 10.4. The van der Waals surface area contributed by atoms with Gasteiger partial charge >= 0.3 is 0 Å². The summed E-state index contributed by atoms with van der Waals surface area (Å²) in [5.41, 5.74) is 0.282. The maximum absolute atomic E-state index is 13.5. The maximum atomic E-state index is 13.5. The fourth-order valence-electron chi connectivity index (χ4n) is 5.06. The van der Waals surface area contributed by atoms with E-state index in [-0.39, 0.29) is 23.6 Å². The normalized spacial score (nSPS) is 26.0. The van der Waals surface area contributed by atoms with Crippen LogP contribution >= 0.6 is 0 Å². The molecule has 3 aliphatic rings. The van der Waals surface area contributed by atoms with Gasteiger partial charge in [0, 0.05) is 52.1 Å². The molecule has 3 amide bonds. The highest BCUT2D eigenvalue weighted by Crippen LogP contribution is 2.44. The van der Waals surface area contributed by atoms with Crippen molar-refractivity contribution in [3.63, 3.8) is 0 Å². The summed E-state index contributed by atoms with van der Waals surface area (Å²) in [7, 11) is 1.62. The number of benzene rings is 1. The van der Waals surface area contributed by atoms with Crippen molar-refractivity contribution in [3.05, 3.63) is 29.8 Å². The zero-order valence-electron chi connectivity index (χ0n) is 17.2. The lowest BCUT2D eigenvalue weighted by atomic mass is 9.79. The molecule has 29 heavy (non-hydrogen) atoms. The van der Waals surface area contributed by atoms with E-state index < -0.39 is 5.41 Å². The molecule has 0 aliphatic carbocycles. The summed E-state index contributed by atoms with van der Waals surface area (Å²) in [6.07, 6.45) is 2.37. The van der Waals surface area contributed by atoms with Crippen molar-refractivity contribution >= 4 is 17.7 Å². The predicted molar refractivity (Wildman–Crippen MR) is 107 cm³/mol. The van der Waals surface area contributed by atoms with E-state index in [0.717, 1.165) is 37.2 Å². The van der Waals surface area contributed by atoms with Crippen LogP contribution in [0.1, 0.15) is 25.3 Å². The first-order chi connectivity index (χ1) is 13.9. The van der Waals surface area contributed by atoms with Crippen molar-refractivity contribution in [3.8, 4) is 5.75 Å². The Hall–Kier alpha value is -2.57. The lowest BCUT2D eigenvalue weighted by molar-refractivity contribution is -0.142. The third-order valence-electron chi connectivity index (χ3n) is 6.74. The van der Waals surface area contributed by atoms with Gasteiger partial charge in [-0.3, -0.25) is 14.4 Å². The zero-order valence-corrected chi connectivity index (χ0v) is 17.2. The molecule has 3 fully saturated rings. The van der Waals surface area contributed by atoms with Crippen LogP contribution in [0.3, 0.4) is 0 Å². The summed E-state index contributed by atoms with van der Waals surface area (Å²) < 4.78 is 5.17. The van der Waals surface area contributed by atoms with E-state index in [1.165, 1.54) is 0 Å². The van der Waals surface area contributed by atoms with E-state index >= 15 is 0 Å². The fourth-order valence-corrected chi connectivity index (χ4v) is 5.06. The summed E-state index contributed by atoms with van der Waals surface area (Å²) in [6.45, 7) is 5.06. The zero-order chi connectivity index (χ0) is 20.6. The van der Waals surface area contributed by atoms with Crippen LogP contribution in [0.25, 0.3) is 0 Å². The Morgan fingerprint density at radius 3 is 2.24 bits per heavy atom. The number of carbonyl (C=O) groups is 3. The monoisotopic (exact) mass is 399 g/mol. The molecule has 156 valence electrons. The molecule has 3 aliphatic heterocycles. The highest BCUT2D eigenvalue weighted by Gasteiger charge is 2.59. The molecule has 0 radical (unpaired) electrons. The fraction of sp³-hybridized carbons (Fsp3) is 0.591. The first-order valence-electron chi connectivity index (χ1n) is 10.4. The minimum atomic E-state index is -0.647. The third kappa shape index (κ3) is 3.58. The molecule has 2 atom stereocenters. The van der Waals surface area contributed by atoms with Gasteiger partial charge in [0.1, 0.15) is 5.75 Å². The molecular formula is C22H29N3O4. The van der Waals surface area contributed by atoms with Crippen LogP contribution in [0.2, 0.25) is 0 Å². The van der Waals surface area contributed by atoms with E-state index in [4.69, 9.17) is 4.74 Å². The summed E-state index contributed by atoms with van der Waals surface area (Å²) in [6, 6.07) is 7.50. The number of rotatable bonds is 4. The summed E-state index contributed by atoms with van der Waals surface area (Å²) in [4.78, 5) is 44.0. The number of amides is 3. The van der Waals surface area contributed by atoms with Crippen LogP contribution in [0.4, 0.5) is 0 Å². The quantitative estimate of drug-likeness (QED) is 0.762. The third-order valence-corrected chi connectivity index (χ3v) is 6.74. The Morgan fingerprint density at radius 2 is 1.62 bits per heavy atom. The maximum Gasteiger partial charge on any atom is 0.232 e. The SMILES string of the molecule is COc1ccc(CC(=O)N2CC3CN(C(C)=O)CC3(C(=O)N3CCCC3)C2)cc1. The number of hydrogen-bond acceptors (Lipinski definition) is 4. The second-order valence-electron chi connectivity index (χ2n) is 8.55. The van der Waals surface area contributed by atoms with E-state index in [1.807, 2.05) is 34.1 Å². The van der Waals surface area contributed by atoms with Gasteiger partial charge in [-0.25, -0.2) is 0 Å². The lowest BCUT2D eigenvalue weighted by Gasteiger charge is -2.32. The number of likely N-dealkylation sites (tertiary alicyclic amines) is 3.